The summed E-state index contributed by atoms with van der Waals surface area (Å²) in [5.41, 5.74) is 2.89. The van der Waals surface area contributed by atoms with Crippen molar-refractivity contribution in [1.29, 1.82) is 0 Å². The Labute approximate surface area is 199 Å². The average molecular weight is 481 g/mol. The molecule has 0 radical (unpaired) electrons. The molecule has 166 valence electrons. The zero-order valence-corrected chi connectivity index (χ0v) is 18.6. The van der Waals surface area contributed by atoms with E-state index in [9.17, 15) is 14.7 Å². The quantitative estimate of drug-likeness (QED) is 0.331. The third kappa shape index (κ3) is 5.39. The van der Waals surface area contributed by atoms with Crippen molar-refractivity contribution in [1.82, 2.24) is 9.97 Å². The molecule has 1 atom stereocenters. The minimum Gasteiger partial charge on any atom is -0.480 e. The molecule has 0 bridgehead atoms. The number of hydrogen-bond acceptors (Lipinski definition) is 5. The van der Waals surface area contributed by atoms with Crippen molar-refractivity contribution >= 4 is 57.4 Å². The zero-order valence-electron chi connectivity index (χ0n) is 17.1. The van der Waals surface area contributed by atoms with E-state index in [0.717, 1.165) is 16.5 Å². The lowest BCUT2D eigenvalue weighted by Crippen LogP contribution is -2.31. The van der Waals surface area contributed by atoms with E-state index in [4.69, 9.17) is 23.2 Å². The van der Waals surface area contributed by atoms with Crippen LogP contribution in [0.25, 0.3) is 10.9 Å². The van der Waals surface area contributed by atoms with Crippen LogP contribution in [-0.4, -0.2) is 33.0 Å². The third-order valence-corrected chi connectivity index (χ3v) is 5.53. The molecule has 7 nitrogen and oxygen atoms in total. The van der Waals surface area contributed by atoms with E-state index >= 15 is 0 Å². The summed E-state index contributed by atoms with van der Waals surface area (Å²) in [5, 5.41) is 16.7. The second-order valence-corrected chi connectivity index (χ2v) is 8.10. The maximum Gasteiger partial charge on any atom is 0.326 e. The van der Waals surface area contributed by atoms with E-state index in [2.05, 4.69) is 20.6 Å². The van der Waals surface area contributed by atoms with E-state index < -0.39 is 17.9 Å². The number of fused-ring (bicyclic) bond motifs is 1. The van der Waals surface area contributed by atoms with Gasteiger partial charge >= 0.3 is 5.97 Å². The van der Waals surface area contributed by atoms with Crippen molar-refractivity contribution in [2.45, 2.75) is 12.5 Å². The Morgan fingerprint density at radius 1 is 0.939 bits per heavy atom. The molecule has 33 heavy (non-hydrogen) atoms. The second-order valence-electron chi connectivity index (χ2n) is 7.29. The predicted molar refractivity (Wildman–Crippen MR) is 129 cm³/mol. The van der Waals surface area contributed by atoms with E-state index in [1.807, 2.05) is 30.3 Å². The predicted octanol–water partition coefficient (Wildman–Crippen LogP) is 5.30. The van der Waals surface area contributed by atoms with Gasteiger partial charge in [0, 0.05) is 29.9 Å². The summed E-state index contributed by atoms with van der Waals surface area (Å²) in [6, 6.07) is 15.5. The molecule has 0 aliphatic carbocycles. The normalized spacial score (nSPS) is 11.7. The summed E-state index contributed by atoms with van der Waals surface area (Å²) in [5.74, 6) is -1.45. The Hall–Kier alpha value is -3.68. The van der Waals surface area contributed by atoms with Crippen LogP contribution in [0.4, 0.5) is 11.4 Å². The molecule has 3 N–H and O–H groups in total. The highest BCUT2D eigenvalue weighted by Gasteiger charge is 2.19. The van der Waals surface area contributed by atoms with Gasteiger partial charge in [-0.3, -0.25) is 14.8 Å². The summed E-state index contributed by atoms with van der Waals surface area (Å²) in [7, 11) is 0. The van der Waals surface area contributed by atoms with Crippen LogP contribution in [0, 0.1) is 0 Å². The maximum atomic E-state index is 12.5. The molecule has 2 aromatic heterocycles. The lowest BCUT2D eigenvalue weighted by atomic mass is 10.0. The first-order valence-electron chi connectivity index (χ1n) is 9.94. The lowest BCUT2D eigenvalue weighted by Gasteiger charge is -2.16. The lowest BCUT2D eigenvalue weighted by molar-refractivity contribution is -0.137. The minimum atomic E-state index is -0.984. The summed E-state index contributed by atoms with van der Waals surface area (Å²) < 4.78 is 0. The molecule has 1 amide bonds. The summed E-state index contributed by atoms with van der Waals surface area (Å²) in [4.78, 5) is 32.5. The number of benzene rings is 2. The number of carboxylic acids is 1. The Morgan fingerprint density at radius 2 is 1.64 bits per heavy atom. The fourth-order valence-electron chi connectivity index (χ4n) is 3.33. The number of nitrogens with one attached hydrogen (secondary N) is 2. The van der Waals surface area contributed by atoms with Crippen molar-refractivity contribution in [3.05, 3.63) is 94.4 Å². The summed E-state index contributed by atoms with van der Waals surface area (Å²) in [6.45, 7) is 0. The molecule has 2 aromatic carbocycles. The first-order chi connectivity index (χ1) is 15.9. The number of anilines is 2. The number of carbonyl (C=O) groups is 2. The molecule has 0 saturated heterocycles. The van der Waals surface area contributed by atoms with Gasteiger partial charge in [-0.15, -0.1) is 0 Å². The Kier molecular flexibility index (Phi) is 6.72. The van der Waals surface area contributed by atoms with Gasteiger partial charge in [-0.05, 0) is 29.8 Å². The summed E-state index contributed by atoms with van der Waals surface area (Å²) in [6.07, 6.45) is 4.54. The SMILES string of the molecule is O=C(Nc1ccc(CC(Nc2cnc3ccccc3c2)C(=O)O)cc1)c1c(Cl)cncc1Cl. The number of para-hydroxylation sites is 1. The standard InChI is InChI=1S/C24H18Cl2N4O3/c25-18-12-27-13-19(26)22(18)23(31)30-16-7-5-14(6-8-16)9-21(24(32)33)29-17-10-15-3-1-2-4-20(15)28-11-17/h1-8,10-13,21,29H,9H2,(H,30,31)(H,32,33). The van der Waals surface area contributed by atoms with Gasteiger partial charge in [0.05, 0.1) is 33.0 Å². The van der Waals surface area contributed by atoms with Crippen LogP contribution < -0.4 is 10.6 Å². The van der Waals surface area contributed by atoms with Crippen molar-refractivity contribution < 1.29 is 14.7 Å². The molecule has 0 aliphatic heterocycles. The number of halogens is 2. The van der Waals surface area contributed by atoms with Gasteiger partial charge in [-0.25, -0.2) is 4.79 Å². The smallest absolute Gasteiger partial charge is 0.326 e. The first-order valence-corrected chi connectivity index (χ1v) is 10.7. The van der Waals surface area contributed by atoms with E-state index in [1.54, 1.807) is 30.5 Å². The molecular weight excluding hydrogens is 463 g/mol. The van der Waals surface area contributed by atoms with Crippen molar-refractivity contribution in [3.8, 4) is 0 Å². The van der Waals surface area contributed by atoms with Crippen molar-refractivity contribution in [2.75, 3.05) is 10.6 Å². The van der Waals surface area contributed by atoms with Crippen molar-refractivity contribution in [2.24, 2.45) is 0 Å². The number of aromatic nitrogens is 2. The molecule has 0 saturated carbocycles. The number of rotatable bonds is 7. The minimum absolute atomic E-state index is 0.136. The third-order valence-electron chi connectivity index (χ3n) is 4.96. The largest absolute Gasteiger partial charge is 0.480 e. The Morgan fingerprint density at radius 3 is 2.33 bits per heavy atom. The molecular formula is C24H18Cl2N4O3. The van der Waals surface area contributed by atoms with Crippen LogP contribution in [0.2, 0.25) is 10.0 Å². The number of carbonyl (C=O) groups excluding carboxylic acids is 1. The molecule has 9 heteroatoms. The topological polar surface area (TPSA) is 104 Å². The average Bonchev–Trinajstić information content (AvgIpc) is 2.79. The van der Waals surface area contributed by atoms with Crippen molar-refractivity contribution in [3.63, 3.8) is 0 Å². The number of carboxylic acid groups (broad SMARTS) is 1. The molecule has 0 spiro atoms. The highest BCUT2D eigenvalue weighted by atomic mass is 35.5. The van der Waals surface area contributed by atoms with Crippen LogP contribution in [0.5, 0.6) is 0 Å². The highest BCUT2D eigenvalue weighted by Crippen LogP contribution is 2.24. The number of pyridine rings is 2. The van der Waals surface area contributed by atoms with Crippen LogP contribution in [0.3, 0.4) is 0 Å². The molecule has 0 aliphatic rings. The van der Waals surface area contributed by atoms with E-state index in [-0.39, 0.29) is 22.0 Å². The highest BCUT2D eigenvalue weighted by molar-refractivity contribution is 6.40. The number of hydrogen-bond donors (Lipinski definition) is 3. The molecule has 1 unspecified atom stereocenters. The molecule has 2 heterocycles. The monoisotopic (exact) mass is 480 g/mol. The fraction of sp³-hybridized carbons (Fsp3) is 0.0833. The van der Waals surface area contributed by atoms with E-state index in [1.165, 1.54) is 12.4 Å². The second kappa shape index (κ2) is 9.85. The Balaban J connectivity index is 1.44. The number of nitrogens with zero attached hydrogens (tertiary/aromatic N) is 2. The number of aliphatic carboxylic acids is 1. The summed E-state index contributed by atoms with van der Waals surface area (Å²) >= 11 is 12.1. The van der Waals surface area contributed by atoms with Gasteiger partial charge in [0.2, 0.25) is 0 Å². The van der Waals surface area contributed by atoms with E-state index in [0.29, 0.717) is 11.4 Å². The van der Waals surface area contributed by atoms with Crippen LogP contribution in [0.15, 0.2) is 73.2 Å². The van der Waals surface area contributed by atoms with Gasteiger partial charge in [0.1, 0.15) is 6.04 Å². The Bertz CT molecular complexity index is 1310. The van der Waals surface area contributed by atoms with Gasteiger partial charge in [-0.1, -0.05) is 53.5 Å². The van der Waals surface area contributed by atoms with Gasteiger partial charge in [0.15, 0.2) is 0 Å². The maximum absolute atomic E-state index is 12.5. The van der Waals surface area contributed by atoms with Crippen LogP contribution >= 0.6 is 23.2 Å². The van der Waals surface area contributed by atoms with Crippen LogP contribution in [0.1, 0.15) is 15.9 Å². The molecule has 0 fully saturated rings. The number of amides is 1. The first kappa shape index (κ1) is 22.5. The molecule has 4 rings (SSSR count). The molecule has 4 aromatic rings. The van der Waals surface area contributed by atoms with Gasteiger partial charge in [0.25, 0.3) is 5.91 Å². The zero-order chi connectivity index (χ0) is 23.4. The van der Waals surface area contributed by atoms with Crippen LogP contribution in [-0.2, 0) is 11.2 Å². The van der Waals surface area contributed by atoms with Gasteiger partial charge < -0.3 is 15.7 Å². The van der Waals surface area contributed by atoms with Gasteiger partial charge in [-0.2, -0.15) is 0 Å². The fourth-order valence-corrected chi connectivity index (χ4v) is 3.87.